The number of esters is 1. The quantitative estimate of drug-likeness (QED) is 0.618. The van der Waals surface area contributed by atoms with Crippen LogP contribution in [0.15, 0.2) is 11.1 Å². The van der Waals surface area contributed by atoms with Crippen LogP contribution in [0.4, 0.5) is 0 Å². The number of aliphatic hydroxyl groups is 1. The fraction of sp³-hybridized carbons (Fsp3) is 0.750. The van der Waals surface area contributed by atoms with E-state index >= 15 is 0 Å². The van der Waals surface area contributed by atoms with Gasteiger partial charge in [-0.25, -0.2) is 4.79 Å². The number of ether oxygens (including phenoxy) is 1. The molecule has 20 heavy (non-hydrogen) atoms. The molecule has 1 unspecified atom stereocenters. The summed E-state index contributed by atoms with van der Waals surface area (Å²) in [5.41, 5.74) is 0.214. The van der Waals surface area contributed by atoms with Crippen molar-refractivity contribution in [3.05, 3.63) is 11.1 Å². The van der Waals surface area contributed by atoms with Crippen molar-refractivity contribution >= 4 is 12.3 Å². The second-order valence-electron chi connectivity index (χ2n) is 7.67. The van der Waals surface area contributed by atoms with Gasteiger partial charge < -0.3 is 14.6 Å². The lowest BCUT2D eigenvalue weighted by atomic mass is 9.70. The highest BCUT2D eigenvalue weighted by Crippen LogP contribution is 2.75. The van der Waals surface area contributed by atoms with Crippen LogP contribution in [0.25, 0.3) is 0 Å². The van der Waals surface area contributed by atoms with Gasteiger partial charge in [-0.3, -0.25) is 0 Å². The van der Waals surface area contributed by atoms with E-state index in [1.165, 1.54) is 7.11 Å². The molecule has 4 nitrogen and oxygen atoms in total. The Hall–Kier alpha value is -1.16. The number of hydrogen-bond donors (Lipinski definition) is 1. The highest BCUT2D eigenvalue weighted by molar-refractivity contribution is 5.99. The van der Waals surface area contributed by atoms with Crippen LogP contribution in [-0.4, -0.2) is 30.6 Å². The van der Waals surface area contributed by atoms with Crippen LogP contribution in [0.3, 0.4) is 0 Å². The number of carbonyl (C=O) groups is 2. The van der Waals surface area contributed by atoms with E-state index in [2.05, 4.69) is 13.8 Å². The average Bonchev–Trinajstić information content (AvgIpc) is 2.89. The summed E-state index contributed by atoms with van der Waals surface area (Å²) in [6.07, 6.45) is 2.48. The van der Waals surface area contributed by atoms with Crippen molar-refractivity contribution in [1.82, 2.24) is 0 Å². The summed E-state index contributed by atoms with van der Waals surface area (Å²) < 4.78 is 4.93. The lowest BCUT2D eigenvalue weighted by Gasteiger charge is -2.36. The summed E-state index contributed by atoms with van der Waals surface area (Å²) in [6, 6.07) is 0. The normalized spacial score (nSPS) is 44.6. The molecule has 0 spiro atoms. The summed E-state index contributed by atoms with van der Waals surface area (Å²) in [5, 5.41) is 10.7. The van der Waals surface area contributed by atoms with Gasteiger partial charge in [0.1, 0.15) is 6.29 Å². The Labute approximate surface area is 119 Å². The molecule has 4 atom stereocenters. The zero-order valence-corrected chi connectivity index (χ0v) is 12.5. The Kier molecular flexibility index (Phi) is 2.57. The zero-order chi connectivity index (χ0) is 14.9. The Bertz CT molecular complexity index is 533. The molecular weight excluding hydrogens is 256 g/mol. The third kappa shape index (κ3) is 1.40. The summed E-state index contributed by atoms with van der Waals surface area (Å²) in [7, 11) is 1.36. The molecule has 3 rings (SSSR count). The van der Waals surface area contributed by atoms with Crippen LogP contribution in [0.2, 0.25) is 0 Å². The zero-order valence-electron chi connectivity index (χ0n) is 12.5. The van der Waals surface area contributed by atoms with Gasteiger partial charge in [0.2, 0.25) is 0 Å². The summed E-state index contributed by atoms with van der Waals surface area (Å²) in [5.74, 6) is -0.412. The first-order valence-electron chi connectivity index (χ1n) is 7.19. The molecule has 0 aliphatic heterocycles. The number of rotatable bonds is 2. The minimum absolute atomic E-state index is 0.0142. The molecule has 0 saturated heterocycles. The van der Waals surface area contributed by atoms with Gasteiger partial charge in [0.15, 0.2) is 0 Å². The standard InChI is InChI=1S/C16H22O4/c1-14(2)5-9-10(6-14)12(18)15(3)7-16(15,8-17)11(9)13(19)20-4/h8,10,12,18H,5-7H2,1-4H3/t10?,12-,15-,16-/m0/s1. The number of aliphatic hydroxyl groups excluding tert-OH is 1. The van der Waals surface area contributed by atoms with E-state index in [0.717, 1.165) is 24.7 Å². The molecule has 0 aromatic carbocycles. The van der Waals surface area contributed by atoms with E-state index in [1.54, 1.807) is 0 Å². The molecule has 0 bridgehead atoms. The lowest BCUT2D eigenvalue weighted by molar-refractivity contribution is -0.139. The van der Waals surface area contributed by atoms with E-state index in [9.17, 15) is 14.7 Å². The summed E-state index contributed by atoms with van der Waals surface area (Å²) >= 11 is 0. The van der Waals surface area contributed by atoms with Gasteiger partial charge in [0.05, 0.1) is 24.2 Å². The maximum atomic E-state index is 12.2. The molecule has 110 valence electrons. The summed E-state index contributed by atoms with van der Waals surface area (Å²) in [6.45, 7) is 6.19. The Balaban J connectivity index is 2.20. The Morgan fingerprint density at radius 3 is 2.60 bits per heavy atom. The number of fused-ring (bicyclic) bond motifs is 2. The van der Waals surface area contributed by atoms with Crippen LogP contribution in [-0.2, 0) is 14.3 Å². The van der Waals surface area contributed by atoms with Crippen molar-refractivity contribution in [2.24, 2.45) is 22.2 Å². The van der Waals surface area contributed by atoms with E-state index in [0.29, 0.717) is 12.0 Å². The average molecular weight is 278 g/mol. The molecule has 1 N–H and O–H groups in total. The number of aldehydes is 1. The molecule has 0 heterocycles. The largest absolute Gasteiger partial charge is 0.466 e. The molecule has 0 amide bonds. The first-order valence-corrected chi connectivity index (χ1v) is 7.19. The fourth-order valence-corrected chi connectivity index (χ4v) is 4.67. The predicted molar refractivity (Wildman–Crippen MR) is 72.8 cm³/mol. The van der Waals surface area contributed by atoms with Crippen LogP contribution >= 0.6 is 0 Å². The van der Waals surface area contributed by atoms with Crippen LogP contribution in [0.1, 0.15) is 40.0 Å². The Morgan fingerprint density at radius 1 is 1.40 bits per heavy atom. The highest BCUT2D eigenvalue weighted by atomic mass is 16.5. The molecule has 3 aliphatic rings. The van der Waals surface area contributed by atoms with Gasteiger partial charge in [-0.1, -0.05) is 26.3 Å². The molecule has 0 aromatic heterocycles. The van der Waals surface area contributed by atoms with E-state index in [4.69, 9.17) is 4.74 Å². The molecule has 4 heteroatoms. The van der Waals surface area contributed by atoms with Crippen molar-refractivity contribution < 1.29 is 19.4 Å². The van der Waals surface area contributed by atoms with Gasteiger partial charge in [-0.2, -0.15) is 0 Å². The predicted octanol–water partition coefficient (Wildman–Crippen LogP) is 1.86. The van der Waals surface area contributed by atoms with Gasteiger partial charge in [0, 0.05) is 11.3 Å². The molecule has 2 saturated carbocycles. The monoisotopic (exact) mass is 278 g/mol. The minimum atomic E-state index is -0.828. The lowest BCUT2D eigenvalue weighted by Crippen LogP contribution is -2.40. The van der Waals surface area contributed by atoms with Crippen molar-refractivity contribution in [2.45, 2.75) is 46.1 Å². The minimum Gasteiger partial charge on any atom is -0.466 e. The first-order chi connectivity index (χ1) is 9.22. The van der Waals surface area contributed by atoms with Gasteiger partial charge in [0.25, 0.3) is 0 Å². The van der Waals surface area contributed by atoms with E-state index in [-0.39, 0.29) is 11.3 Å². The van der Waals surface area contributed by atoms with Gasteiger partial charge in [-0.05, 0) is 24.7 Å². The summed E-state index contributed by atoms with van der Waals surface area (Å²) in [4.78, 5) is 24.0. The van der Waals surface area contributed by atoms with Gasteiger partial charge >= 0.3 is 5.97 Å². The molecule has 0 aromatic rings. The van der Waals surface area contributed by atoms with Crippen LogP contribution in [0, 0.1) is 22.2 Å². The van der Waals surface area contributed by atoms with E-state index < -0.39 is 22.9 Å². The van der Waals surface area contributed by atoms with Crippen LogP contribution in [0.5, 0.6) is 0 Å². The Morgan fingerprint density at radius 2 is 2.05 bits per heavy atom. The van der Waals surface area contributed by atoms with Crippen molar-refractivity contribution in [3.63, 3.8) is 0 Å². The third-order valence-corrected chi connectivity index (χ3v) is 5.82. The molecule has 0 radical (unpaired) electrons. The molecule has 3 aliphatic carbocycles. The van der Waals surface area contributed by atoms with Crippen molar-refractivity contribution in [2.75, 3.05) is 7.11 Å². The number of methoxy groups -OCH3 is 1. The third-order valence-electron chi connectivity index (χ3n) is 5.82. The molecular formula is C16H22O4. The highest BCUT2D eigenvalue weighted by Gasteiger charge is 2.76. The SMILES string of the molecule is COC(=O)C1=C2CC(C)(C)CC2[C@H](O)[C@]2(C)C[C@]12C=O. The maximum Gasteiger partial charge on any atom is 0.334 e. The first kappa shape index (κ1) is 13.8. The van der Waals surface area contributed by atoms with Crippen molar-refractivity contribution in [1.29, 1.82) is 0 Å². The second kappa shape index (κ2) is 3.73. The maximum absolute atomic E-state index is 12.2. The van der Waals surface area contributed by atoms with Crippen LogP contribution < -0.4 is 0 Å². The number of carbonyl (C=O) groups excluding carboxylic acids is 2. The smallest absolute Gasteiger partial charge is 0.334 e. The number of hydrogen-bond acceptors (Lipinski definition) is 4. The van der Waals surface area contributed by atoms with E-state index in [1.807, 2.05) is 6.92 Å². The fourth-order valence-electron chi connectivity index (χ4n) is 4.67. The molecule has 2 fully saturated rings. The topological polar surface area (TPSA) is 63.6 Å². The van der Waals surface area contributed by atoms with Crippen molar-refractivity contribution in [3.8, 4) is 0 Å². The van der Waals surface area contributed by atoms with Gasteiger partial charge in [-0.15, -0.1) is 0 Å². The second-order valence-corrected chi connectivity index (χ2v) is 7.67.